The first-order valence-corrected chi connectivity index (χ1v) is 11.5. The molecule has 34 heavy (non-hydrogen) atoms. The van der Waals surface area contributed by atoms with E-state index in [-0.39, 0.29) is 12.1 Å². The Morgan fingerprint density at radius 3 is 2.18 bits per heavy atom. The summed E-state index contributed by atoms with van der Waals surface area (Å²) in [5.74, 6) is 0.804. The number of carbonyl (C=O) groups is 1. The normalized spacial score (nSPS) is 18.1. The van der Waals surface area contributed by atoms with Crippen LogP contribution in [-0.4, -0.2) is 26.0 Å². The Hall–Kier alpha value is -4.00. The summed E-state index contributed by atoms with van der Waals surface area (Å²) in [7, 11) is 0. The fourth-order valence-corrected chi connectivity index (χ4v) is 4.96. The summed E-state index contributed by atoms with van der Waals surface area (Å²) in [6.45, 7) is 0. The molecule has 0 atom stereocenters. The quantitative estimate of drug-likeness (QED) is 0.253. The van der Waals surface area contributed by atoms with Crippen molar-refractivity contribution in [2.45, 2.75) is 38.0 Å². The van der Waals surface area contributed by atoms with E-state index in [1.165, 1.54) is 17.7 Å². The Labute approximate surface area is 196 Å². The zero-order valence-electron chi connectivity index (χ0n) is 18.6. The van der Waals surface area contributed by atoms with Gasteiger partial charge in [0.15, 0.2) is 0 Å². The maximum Gasteiger partial charge on any atom is 0.303 e. The molecule has 7 heteroatoms. The molecule has 0 bridgehead atoms. The number of hydrogen-bond acceptors (Lipinski definition) is 4. The summed E-state index contributed by atoms with van der Waals surface area (Å²) in [6.07, 6.45) is 4.35. The van der Waals surface area contributed by atoms with E-state index >= 15 is 0 Å². The lowest BCUT2D eigenvalue weighted by atomic mass is 9.77. The number of rotatable bonds is 6. The largest absolute Gasteiger partial charge is 0.481 e. The van der Waals surface area contributed by atoms with Gasteiger partial charge in [-0.15, -0.1) is 0 Å². The zero-order chi connectivity index (χ0) is 23.7. The Kier molecular flexibility index (Phi) is 5.84. The summed E-state index contributed by atoms with van der Waals surface area (Å²) in [4.78, 5) is 29.3. The summed E-state index contributed by atoms with van der Waals surface area (Å²) in [5.41, 5.74) is 5.85. The molecule has 4 aromatic rings. The van der Waals surface area contributed by atoms with Crippen molar-refractivity contribution in [1.29, 1.82) is 0 Å². The first-order valence-electron chi connectivity index (χ1n) is 11.5. The van der Waals surface area contributed by atoms with Crippen LogP contribution in [-0.2, 0) is 4.79 Å². The van der Waals surface area contributed by atoms with Gasteiger partial charge in [-0.1, -0.05) is 48.5 Å². The first kappa shape index (κ1) is 21.8. The number of carboxylic acids is 1. The van der Waals surface area contributed by atoms with Crippen molar-refractivity contribution < 1.29 is 14.8 Å². The van der Waals surface area contributed by atoms with Gasteiger partial charge in [0, 0.05) is 24.1 Å². The fraction of sp³-hybridized carbons (Fsp3) is 0.259. The van der Waals surface area contributed by atoms with Crippen molar-refractivity contribution in [2.24, 2.45) is 5.92 Å². The number of aromatic amines is 1. The third kappa shape index (κ3) is 4.55. The average molecular weight is 456 g/mol. The number of aromatic nitrogens is 2. The molecule has 1 aliphatic rings. The molecule has 0 aliphatic heterocycles. The van der Waals surface area contributed by atoms with Crippen LogP contribution in [0.3, 0.4) is 0 Å². The predicted molar refractivity (Wildman–Crippen MR) is 131 cm³/mol. The maximum absolute atomic E-state index is 11.0. The van der Waals surface area contributed by atoms with Gasteiger partial charge < -0.3 is 10.1 Å². The van der Waals surface area contributed by atoms with Crippen LogP contribution in [0.4, 0.5) is 5.69 Å². The monoisotopic (exact) mass is 455 g/mol. The maximum atomic E-state index is 11.0. The summed E-state index contributed by atoms with van der Waals surface area (Å²) < 4.78 is 0. The molecule has 2 N–H and O–H groups in total. The zero-order valence-corrected chi connectivity index (χ0v) is 18.6. The predicted octanol–water partition coefficient (Wildman–Crippen LogP) is 6.55. The minimum Gasteiger partial charge on any atom is -0.481 e. The van der Waals surface area contributed by atoms with E-state index in [0.29, 0.717) is 28.7 Å². The van der Waals surface area contributed by atoms with Crippen LogP contribution in [0.1, 0.15) is 43.6 Å². The Balaban J connectivity index is 1.28. The number of nitrogens with one attached hydrogen (secondary N) is 1. The average Bonchev–Trinajstić information content (AvgIpc) is 3.28. The second kappa shape index (κ2) is 9.09. The molecule has 1 fully saturated rings. The number of nitro groups is 1. The van der Waals surface area contributed by atoms with E-state index in [0.717, 1.165) is 42.4 Å². The molecule has 1 aliphatic carbocycles. The molecule has 1 heterocycles. The molecule has 1 aromatic heterocycles. The molecule has 0 unspecified atom stereocenters. The van der Waals surface area contributed by atoms with Crippen LogP contribution >= 0.6 is 0 Å². The van der Waals surface area contributed by atoms with E-state index in [1.807, 2.05) is 12.1 Å². The molecule has 0 amide bonds. The second-order valence-corrected chi connectivity index (χ2v) is 9.06. The number of nitro benzene ring substituents is 1. The van der Waals surface area contributed by atoms with Gasteiger partial charge in [0.2, 0.25) is 0 Å². The number of fused-ring (bicyclic) bond motifs is 1. The van der Waals surface area contributed by atoms with Gasteiger partial charge in [-0.2, -0.15) is 0 Å². The summed E-state index contributed by atoms with van der Waals surface area (Å²) in [6, 6.07) is 21.4. The number of nitrogens with zero attached hydrogens (tertiary/aromatic N) is 2. The second-order valence-electron chi connectivity index (χ2n) is 9.06. The van der Waals surface area contributed by atoms with E-state index in [2.05, 4.69) is 46.4 Å². The van der Waals surface area contributed by atoms with Gasteiger partial charge in [0.25, 0.3) is 5.69 Å². The van der Waals surface area contributed by atoms with Crippen molar-refractivity contribution >= 4 is 22.7 Å². The van der Waals surface area contributed by atoms with Crippen molar-refractivity contribution in [3.05, 3.63) is 82.4 Å². The number of benzene rings is 3. The number of imidazole rings is 1. The summed E-state index contributed by atoms with van der Waals surface area (Å²) in [5, 5.41) is 20.0. The fourth-order valence-electron chi connectivity index (χ4n) is 4.96. The number of aliphatic carboxylic acids is 1. The van der Waals surface area contributed by atoms with E-state index in [1.54, 1.807) is 6.07 Å². The van der Waals surface area contributed by atoms with Crippen molar-refractivity contribution in [3.63, 3.8) is 0 Å². The van der Waals surface area contributed by atoms with Crippen LogP contribution in [0.5, 0.6) is 0 Å². The molecule has 172 valence electrons. The van der Waals surface area contributed by atoms with E-state index < -0.39 is 10.9 Å². The highest BCUT2D eigenvalue weighted by molar-refractivity contribution is 5.82. The first-order chi connectivity index (χ1) is 16.5. The summed E-state index contributed by atoms with van der Waals surface area (Å²) >= 11 is 0. The SMILES string of the molecule is O=C(O)CC1CCC(c2ccc(-c3ccc(-c4nc5ccc([N+](=O)[O-])cc5[nH]4)cc3)cc2)CC1. The lowest BCUT2D eigenvalue weighted by molar-refractivity contribution is -0.384. The van der Waals surface area contributed by atoms with Gasteiger partial charge in [0.05, 0.1) is 16.0 Å². The highest BCUT2D eigenvalue weighted by atomic mass is 16.6. The van der Waals surface area contributed by atoms with Gasteiger partial charge in [0.1, 0.15) is 5.82 Å². The highest BCUT2D eigenvalue weighted by Crippen LogP contribution is 2.37. The highest BCUT2D eigenvalue weighted by Gasteiger charge is 2.24. The third-order valence-corrected chi connectivity index (χ3v) is 6.86. The number of hydrogen-bond donors (Lipinski definition) is 2. The standard InChI is InChI=1S/C27H25N3O4/c31-26(32)15-17-1-3-18(4-2-17)19-5-7-20(8-6-19)21-9-11-22(12-10-21)27-28-24-14-13-23(30(33)34)16-25(24)29-27/h5-14,16-18H,1-4,15H2,(H,28,29)(H,31,32). The van der Waals surface area contributed by atoms with Crippen molar-refractivity contribution in [3.8, 4) is 22.5 Å². The van der Waals surface area contributed by atoms with Crippen LogP contribution in [0, 0.1) is 16.0 Å². The van der Waals surface area contributed by atoms with Crippen molar-refractivity contribution in [1.82, 2.24) is 9.97 Å². The Bertz CT molecular complexity index is 1330. The van der Waals surface area contributed by atoms with Gasteiger partial charge >= 0.3 is 5.97 Å². The minimum atomic E-state index is -0.692. The van der Waals surface area contributed by atoms with Crippen LogP contribution in [0.15, 0.2) is 66.7 Å². The smallest absolute Gasteiger partial charge is 0.303 e. The molecule has 0 spiro atoms. The molecular weight excluding hydrogens is 430 g/mol. The molecule has 5 rings (SSSR count). The van der Waals surface area contributed by atoms with Gasteiger partial charge in [-0.3, -0.25) is 14.9 Å². The molecule has 1 saturated carbocycles. The van der Waals surface area contributed by atoms with Crippen LogP contribution < -0.4 is 0 Å². The van der Waals surface area contributed by atoms with E-state index in [4.69, 9.17) is 5.11 Å². The molecule has 7 nitrogen and oxygen atoms in total. The van der Waals surface area contributed by atoms with Crippen LogP contribution in [0.2, 0.25) is 0 Å². The molecule has 3 aromatic carbocycles. The number of non-ortho nitro benzene ring substituents is 1. The lowest BCUT2D eigenvalue weighted by Crippen LogP contribution is -2.16. The molecule has 0 radical (unpaired) electrons. The third-order valence-electron chi connectivity index (χ3n) is 6.86. The van der Waals surface area contributed by atoms with Gasteiger partial charge in [-0.05, 0) is 60.3 Å². The molecular formula is C27H25N3O4. The van der Waals surface area contributed by atoms with E-state index in [9.17, 15) is 14.9 Å². The minimum absolute atomic E-state index is 0.0369. The topological polar surface area (TPSA) is 109 Å². The van der Waals surface area contributed by atoms with Crippen LogP contribution in [0.25, 0.3) is 33.5 Å². The Morgan fingerprint density at radius 1 is 0.941 bits per heavy atom. The van der Waals surface area contributed by atoms with Gasteiger partial charge in [-0.25, -0.2) is 4.98 Å². The van der Waals surface area contributed by atoms with Crippen molar-refractivity contribution in [2.75, 3.05) is 0 Å². The number of carboxylic acid groups (broad SMARTS) is 1. The lowest BCUT2D eigenvalue weighted by Gasteiger charge is -2.28. The number of H-pyrrole nitrogens is 1. The Morgan fingerprint density at radius 2 is 1.56 bits per heavy atom. The molecule has 0 saturated heterocycles.